The predicted octanol–water partition coefficient (Wildman–Crippen LogP) is 3.65. The van der Waals surface area contributed by atoms with Crippen LogP contribution >= 0.6 is 0 Å². The lowest BCUT2D eigenvalue weighted by Crippen LogP contribution is -1.97. The summed E-state index contributed by atoms with van der Waals surface area (Å²) in [7, 11) is 0. The van der Waals surface area contributed by atoms with Crippen LogP contribution in [0.1, 0.15) is 32.6 Å². The summed E-state index contributed by atoms with van der Waals surface area (Å²) in [5, 5.41) is 9.33. The number of ether oxygens (including phenoxy) is 2. The molecule has 24 heavy (non-hydrogen) atoms. The lowest BCUT2D eigenvalue weighted by atomic mass is 10.2. The molecule has 0 spiro atoms. The van der Waals surface area contributed by atoms with E-state index in [1.54, 1.807) is 6.08 Å². The molecule has 0 aromatic rings. The van der Waals surface area contributed by atoms with E-state index in [9.17, 15) is 9.90 Å². The van der Waals surface area contributed by atoms with E-state index in [1.807, 2.05) is 55.5 Å². The average Bonchev–Trinajstić information content (AvgIpc) is 3.34. The number of carbonyl (C=O) groups excluding carboxylic acids is 1. The molecule has 1 aliphatic rings. The number of epoxide rings is 1. The molecule has 0 saturated carbocycles. The fourth-order valence-electron chi connectivity index (χ4n) is 2.00. The van der Waals surface area contributed by atoms with Crippen LogP contribution in [-0.4, -0.2) is 36.5 Å². The molecule has 1 saturated heterocycles. The van der Waals surface area contributed by atoms with Crippen LogP contribution in [0.5, 0.6) is 0 Å². The molecule has 4 nitrogen and oxygen atoms in total. The Balaban J connectivity index is 2.04. The van der Waals surface area contributed by atoms with Gasteiger partial charge in [0, 0.05) is 0 Å². The summed E-state index contributed by atoms with van der Waals surface area (Å²) >= 11 is 0. The van der Waals surface area contributed by atoms with Crippen molar-refractivity contribution in [2.24, 2.45) is 0 Å². The summed E-state index contributed by atoms with van der Waals surface area (Å²) in [6.07, 6.45) is 23.2. The van der Waals surface area contributed by atoms with Crippen LogP contribution in [0.4, 0.5) is 0 Å². The van der Waals surface area contributed by atoms with Gasteiger partial charge in [-0.3, -0.25) is 4.79 Å². The zero-order valence-electron chi connectivity index (χ0n) is 14.3. The Bertz CT molecular complexity index is 474. The van der Waals surface area contributed by atoms with Crippen LogP contribution in [0, 0.1) is 0 Å². The molecule has 1 heterocycles. The monoisotopic (exact) mass is 332 g/mol. The first-order valence-electron chi connectivity index (χ1n) is 8.50. The number of allylic oxidation sites excluding steroid dienone is 8. The zero-order valence-corrected chi connectivity index (χ0v) is 14.3. The summed E-state index contributed by atoms with van der Waals surface area (Å²) in [4.78, 5) is 9.99. The van der Waals surface area contributed by atoms with Gasteiger partial charge in [0.05, 0.1) is 18.8 Å². The van der Waals surface area contributed by atoms with E-state index < -0.39 is 0 Å². The van der Waals surface area contributed by atoms with Crippen LogP contribution in [0.25, 0.3) is 0 Å². The van der Waals surface area contributed by atoms with Crippen LogP contribution in [0.3, 0.4) is 0 Å². The SMILES string of the molecule is CCC(O)C=CC=CCC=CC=CC=C[C@@H]1O[C@H]1CCCOC=O. The van der Waals surface area contributed by atoms with Gasteiger partial charge in [-0.15, -0.1) is 0 Å². The maximum atomic E-state index is 9.99. The molecule has 3 atom stereocenters. The standard InChI is InChI=1S/C20H28O4/c1-2-18(22)13-10-8-6-4-3-5-7-9-11-14-19-20(24-19)15-12-16-23-17-21/h3,5-11,13-14,17-20,22H,2,4,12,15-16H2,1H3/t18?,19-,20-/m0/s1. The average molecular weight is 332 g/mol. The molecule has 0 bridgehead atoms. The van der Waals surface area contributed by atoms with Crippen molar-refractivity contribution in [3.05, 3.63) is 60.8 Å². The second kappa shape index (κ2) is 13.5. The van der Waals surface area contributed by atoms with Crippen LogP contribution in [-0.2, 0) is 14.3 Å². The van der Waals surface area contributed by atoms with Gasteiger partial charge in [0.2, 0.25) is 0 Å². The van der Waals surface area contributed by atoms with Gasteiger partial charge in [0.25, 0.3) is 6.47 Å². The largest absolute Gasteiger partial charge is 0.468 e. The van der Waals surface area contributed by atoms with Crippen LogP contribution in [0.15, 0.2) is 60.8 Å². The fraction of sp³-hybridized carbons (Fsp3) is 0.450. The van der Waals surface area contributed by atoms with Crippen molar-refractivity contribution in [3.8, 4) is 0 Å². The van der Waals surface area contributed by atoms with E-state index in [4.69, 9.17) is 4.74 Å². The second-order valence-corrected chi connectivity index (χ2v) is 5.47. The summed E-state index contributed by atoms with van der Waals surface area (Å²) < 4.78 is 10.1. The molecule has 0 aromatic carbocycles. The number of carbonyl (C=O) groups is 1. The second-order valence-electron chi connectivity index (χ2n) is 5.47. The number of rotatable bonds is 13. The third kappa shape index (κ3) is 10.8. The maximum Gasteiger partial charge on any atom is 0.293 e. The van der Waals surface area contributed by atoms with Crippen molar-refractivity contribution in [2.45, 2.75) is 50.9 Å². The summed E-state index contributed by atoms with van der Waals surface area (Å²) in [6, 6.07) is 0. The molecule has 1 aliphatic heterocycles. The van der Waals surface area contributed by atoms with Gasteiger partial charge in [0.1, 0.15) is 6.10 Å². The molecule has 132 valence electrons. The van der Waals surface area contributed by atoms with Gasteiger partial charge in [0.15, 0.2) is 0 Å². The van der Waals surface area contributed by atoms with Gasteiger partial charge in [-0.2, -0.15) is 0 Å². The number of hydrogen-bond acceptors (Lipinski definition) is 4. The summed E-state index contributed by atoms with van der Waals surface area (Å²) in [5.41, 5.74) is 0. The van der Waals surface area contributed by atoms with Gasteiger partial charge < -0.3 is 14.6 Å². The molecule has 0 radical (unpaired) electrons. The van der Waals surface area contributed by atoms with E-state index in [-0.39, 0.29) is 18.3 Å². The summed E-state index contributed by atoms with van der Waals surface area (Å²) in [5.74, 6) is 0. The van der Waals surface area contributed by atoms with Gasteiger partial charge in [-0.1, -0.05) is 67.7 Å². The number of aliphatic hydroxyl groups excluding tert-OH is 1. The molecular formula is C20H28O4. The normalized spacial score (nSPS) is 22.4. The van der Waals surface area contributed by atoms with E-state index in [0.29, 0.717) is 13.1 Å². The molecule has 1 unspecified atom stereocenters. The Labute approximate surface area is 144 Å². The molecular weight excluding hydrogens is 304 g/mol. The molecule has 4 heteroatoms. The smallest absolute Gasteiger partial charge is 0.293 e. The number of hydrogen-bond donors (Lipinski definition) is 1. The minimum absolute atomic E-state index is 0.197. The van der Waals surface area contributed by atoms with Crippen molar-refractivity contribution >= 4 is 6.47 Å². The predicted molar refractivity (Wildman–Crippen MR) is 96.5 cm³/mol. The van der Waals surface area contributed by atoms with Crippen molar-refractivity contribution in [2.75, 3.05) is 6.61 Å². The Morgan fingerprint density at radius 3 is 2.62 bits per heavy atom. The van der Waals surface area contributed by atoms with Crippen molar-refractivity contribution < 1.29 is 19.4 Å². The van der Waals surface area contributed by atoms with Crippen molar-refractivity contribution in [1.29, 1.82) is 0 Å². The highest BCUT2D eigenvalue weighted by Crippen LogP contribution is 2.27. The zero-order chi connectivity index (χ0) is 17.5. The molecule has 0 aliphatic carbocycles. The highest BCUT2D eigenvalue weighted by atomic mass is 16.6. The van der Waals surface area contributed by atoms with Gasteiger partial charge in [-0.05, 0) is 25.7 Å². The summed E-state index contributed by atoms with van der Waals surface area (Å²) in [6.45, 7) is 2.89. The minimum Gasteiger partial charge on any atom is -0.468 e. The van der Waals surface area contributed by atoms with E-state index in [1.165, 1.54) is 0 Å². The van der Waals surface area contributed by atoms with Gasteiger partial charge in [-0.25, -0.2) is 0 Å². The van der Waals surface area contributed by atoms with Crippen molar-refractivity contribution in [3.63, 3.8) is 0 Å². The number of aliphatic hydroxyl groups is 1. The maximum absolute atomic E-state index is 9.99. The lowest BCUT2D eigenvalue weighted by molar-refractivity contribution is -0.128. The third-order valence-corrected chi connectivity index (χ3v) is 3.48. The highest BCUT2D eigenvalue weighted by molar-refractivity contribution is 5.36. The third-order valence-electron chi connectivity index (χ3n) is 3.48. The van der Waals surface area contributed by atoms with E-state index in [0.717, 1.165) is 25.7 Å². The first-order valence-corrected chi connectivity index (χ1v) is 8.50. The Morgan fingerprint density at radius 1 is 1.12 bits per heavy atom. The highest BCUT2D eigenvalue weighted by Gasteiger charge is 2.35. The van der Waals surface area contributed by atoms with Gasteiger partial charge >= 0.3 is 0 Å². The quantitative estimate of drug-likeness (QED) is 0.242. The molecule has 1 rings (SSSR count). The Kier molecular flexibility index (Phi) is 11.3. The lowest BCUT2D eigenvalue weighted by Gasteiger charge is -1.95. The van der Waals surface area contributed by atoms with Crippen molar-refractivity contribution in [1.82, 2.24) is 0 Å². The van der Waals surface area contributed by atoms with Crippen LogP contribution < -0.4 is 0 Å². The molecule has 1 N–H and O–H groups in total. The van der Waals surface area contributed by atoms with Crippen LogP contribution in [0.2, 0.25) is 0 Å². The Morgan fingerprint density at radius 2 is 1.88 bits per heavy atom. The Hall–Kier alpha value is -1.91. The van der Waals surface area contributed by atoms with E-state index in [2.05, 4.69) is 10.8 Å². The minimum atomic E-state index is -0.348. The topological polar surface area (TPSA) is 59.1 Å². The first-order chi connectivity index (χ1) is 11.8. The fourth-order valence-corrected chi connectivity index (χ4v) is 2.00. The van der Waals surface area contributed by atoms with E-state index >= 15 is 0 Å². The molecule has 0 amide bonds. The molecule has 1 fully saturated rings. The molecule has 0 aromatic heterocycles. The first kappa shape index (κ1) is 20.1.